The van der Waals surface area contributed by atoms with Crippen LogP contribution >= 0.6 is 0 Å². The van der Waals surface area contributed by atoms with Crippen LogP contribution < -0.4 is 47.9 Å². The number of nitrogens with zero attached hydrogens (tertiary/aromatic N) is 7. The topological polar surface area (TPSA) is 277 Å². The molecule has 4 aromatic carbocycles. The molecule has 0 saturated carbocycles. The predicted octanol–water partition coefficient (Wildman–Crippen LogP) is 9.07. The van der Waals surface area contributed by atoms with Gasteiger partial charge in [0.05, 0.1) is 45.0 Å². The Bertz CT molecular complexity index is 3930. The molecule has 10 rings (SSSR count). The summed E-state index contributed by atoms with van der Waals surface area (Å²) in [4.78, 5) is 103. The number of unbranched alkanes of at least 4 members (excludes halogenated alkanes) is 2. The summed E-state index contributed by atoms with van der Waals surface area (Å²) in [6.07, 6.45) is -5.03. The van der Waals surface area contributed by atoms with Gasteiger partial charge in [-0.25, -0.2) is 4.79 Å². The predicted molar refractivity (Wildman–Crippen MR) is 382 cm³/mol. The molecule has 0 aliphatic carbocycles. The molecule has 102 heavy (non-hydrogen) atoms. The molecule has 4 saturated heterocycles. The van der Waals surface area contributed by atoms with Gasteiger partial charge in [-0.15, -0.1) is 0 Å². The number of aromatic nitrogens is 2. The van der Waals surface area contributed by atoms with Gasteiger partial charge in [0, 0.05) is 162 Å². The summed E-state index contributed by atoms with van der Waals surface area (Å²) < 4.78 is 87.3. The zero-order valence-corrected chi connectivity index (χ0v) is 58.5. The number of carboxylic acids is 1. The second-order valence-corrected chi connectivity index (χ2v) is 26.8. The number of aliphatic carboxylic acids is 1. The lowest BCUT2D eigenvalue weighted by Crippen LogP contribution is -2.48. The molecule has 4 aliphatic rings. The first kappa shape index (κ1) is 78.6. The minimum Gasteiger partial charge on any atom is -0.481 e. The van der Waals surface area contributed by atoms with E-state index in [9.17, 15) is 59.9 Å². The average Bonchev–Trinajstić information content (AvgIpc) is 0.819. The first-order valence-electron chi connectivity index (χ1n) is 34.4. The Morgan fingerprint density at radius 3 is 1.41 bits per heavy atom. The molecule has 4 amide bonds. The van der Waals surface area contributed by atoms with Gasteiger partial charge in [-0.05, 0) is 137 Å². The maximum absolute atomic E-state index is 13.8. The van der Waals surface area contributed by atoms with Crippen LogP contribution in [0.3, 0.4) is 0 Å². The molecule has 6 aromatic rings. The van der Waals surface area contributed by atoms with Crippen molar-refractivity contribution in [2.24, 2.45) is 5.73 Å². The molecule has 2 aromatic heterocycles. The van der Waals surface area contributed by atoms with E-state index in [1.165, 1.54) is 0 Å². The summed E-state index contributed by atoms with van der Waals surface area (Å²) in [5.41, 5.74) is 7.30. The van der Waals surface area contributed by atoms with Gasteiger partial charge in [0.2, 0.25) is 17.0 Å². The number of halogens is 6. The second kappa shape index (κ2) is 36.7. The van der Waals surface area contributed by atoms with Crippen LogP contribution in [-0.4, -0.2) is 207 Å². The van der Waals surface area contributed by atoms with Crippen LogP contribution in [0.25, 0.3) is 22.3 Å². The fourth-order valence-corrected chi connectivity index (χ4v) is 12.2. The summed E-state index contributed by atoms with van der Waals surface area (Å²) in [5.74, 6) is -2.54. The average molecular weight is 1430 g/mol. The van der Waals surface area contributed by atoms with Gasteiger partial charge < -0.3 is 71.3 Å². The number of likely N-dealkylation sites (N-methyl/N-ethyl adjacent to an activating group) is 2. The standard InChI is InChI=1S/C34H42F3N7O3.C29H33F3N6O2.C10H19NO4/c1-41-11-15-43(16-12-41)30-9-8-26(20-29(30)40-33(47)27-22-39-31(45)21-28(27)34(35,36)37)25-6-4-5-24(19-25)23-42-13-17-44(18-14-42)32(46)7-2-3-10-38;1-36-11-13-38(14-12-36)26-6-5-22(21-4-2-3-20(15-21)19-37-9-7-33-8-10-37)16-25(26)35-28(40)23-18-34-27(39)17-24(23)29(30,31)32;1-10(2,3)15-9(14)11-7-5-4-6-8(12)13/h4-6,8-9,19-22H,2-3,7,10-18,23,38H2,1H3,(H,39,45)(H,40,47);2-6,15-18,33H,7-14,19H2,1H3,(H,34,39)(H,35,40);4-7H2,1-3H3,(H,11,14)(H,12,13). The number of pyridine rings is 2. The second-order valence-electron chi connectivity index (χ2n) is 26.8. The van der Waals surface area contributed by atoms with Gasteiger partial charge in [0.25, 0.3) is 11.8 Å². The number of anilines is 4. The Labute approximate surface area is 589 Å². The number of rotatable bonds is 21. The molecule has 23 nitrogen and oxygen atoms in total. The Morgan fingerprint density at radius 1 is 0.539 bits per heavy atom. The number of nitrogens with two attached hydrogens (primary N) is 1. The molecule has 0 spiro atoms. The Kier molecular flexibility index (Phi) is 28.2. The quantitative estimate of drug-likeness (QED) is 0.0246. The number of hydrogen-bond donors (Lipinski definition) is 8. The molecule has 4 fully saturated rings. The number of aromatic amines is 2. The summed E-state index contributed by atoms with van der Waals surface area (Å²) in [6, 6.07) is 28.4. The highest BCUT2D eigenvalue weighted by molar-refractivity contribution is 6.08. The number of benzene rings is 4. The number of carbonyl (C=O) groups is 5. The van der Waals surface area contributed by atoms with Gasteiger partial charge in [0.1, 0.15) is 5.60 Å². The number of carbonyl (C=O) groups excluding carboxylic acids is 4. The number of nitrogens with one attached hydrogen (secondary N) is 6. The number of hydrogen-bond acceptors (Lipinski definition) is 16. The number of carboxylic acid groups (broad SMARTS) is 1. The van der Waals surface area contributed by atoms with Gasteiger partial charge in [-0.1, -0.05) is 48.5 Å². The van der Waals surface area contributed by atoms with Crippen molar-refractivity contribution in [3.8, 4) is 22.3 Å². The van der Waals surface area contributed by atoms with Crippen LogP contribution in [0, 0.1) is 0 Å². The third kappa shape index (κ3) is 24.0. The summed E-state index contributed by atoms with van der Waals surface area (Å²) in [5, 5.41) is 19.7. The minimum absolute atomic E-state index is 0.135. The van der Waals surface area contributed by atoms with Crippen molar-refractivity contribution in [3.63, 3.8) is 0 Å². The third-order valence-corrected chi connectivity index (χ3v) is 17.7. The van der Waals surface area contributed by atoms with E-state index in [4.69, 9.17) is 15.6 Å². The summed E-state index contributed by atoms with van der Waals surface area (Å²) in [7, 11) is 4.06. The molecule has 6 heterocycles. The molecular weight excluding hydrogens is 1330 g/mol. The number of alkyl halides is 6. The van der Waals surface area contributed by atoms with Crippen LogP contribution in [-0.2, 0) is 39.8 Å². The Hall–Kier alpha value is -9.13. The number of amides is 4. The molecule has 552 valence electrons. The van der Waals surface area contributed by atoms with Gasteiger partial charge >= 0.3 is 24.4 Å². The van der Waals surface area contributed by atoms with Gasteiger partial charge in [-0.2, -0.15) is 26.3 Å². The van der Waals surface area contributed by atoms with Crippen molar-refractivity contribution in [1.29, 1.82) is 0 Å². The van der Waals surface area contributed by atoms with Gasteiger partial charge in [-0.3, -0.25) is 38.6 Å². The number of alkyl carbamates (subject to hydrolysis) is 1. The van der Waals surface area contributed by atoms with Crippen molar-refractivity contribution in [3.05, 3.63) is 164 Å². The Balaban J connectivity index is 0.000000218. The lowest BCUT2D eigenvalue weighted by atomic mass is 10.0. The van der Waals surface area contributed by atoms with E-state index in [0.717, 1.165) is 136 Å². The molecule has 4 aliphatic heterocycles. The zero-order valence-electron chi connectivity index (χ0n) is 58.5. The van der Waals surface area contributed by atoms with E-state index in [1.54, 1.807) is 26.8 Å². The molecule has 0 unspecified atom stereocenters. The van der Waals surface area contributed by atoms with E-state index < -0.39 is 75.2 Å². The highest BCUT2D eigenvalue weighted by atomic mass is 19.4. The number of ether oxygens (including phenoxy) is 1. The maximum Gasteiger partial charge on any atom is 0.417 e. The van der Waals surface area contributed by atoms with Crippen LogP contribution in [0.15, 0.2) is 119 Å². The van der Waals surface area contributed by atoms with Crippen molar-refractivity contribution in [2.75, 3.05) is 152 Å². The normalized spacial score (nSPS) is 15.9. The van der Waals surface area contributed by atoms with Crippen LogP contribution in [0.4, 0.5) is 53.9 Å². The number of piperazine rings is 4. The summed E-state index contributed by atoms with van der Waals surface area (Å²) >= 11 is 0. The van der Waals surface area contributed by atoms with Crippen molar-refractivity contribution in [1.82, 2.24) is 45.1 Å². The van der Waals surface area contributed by atoms with Crippen LogP contribution in [0.2, 0.25) is 0 Å². The van der Waals surface area contributed by atoms with E-state index in [0.29, 0.717) is 107 Å². The first-order valence-corrected chi connectivity index (χ1v) is 34.4. The fraction of sp³-hybridized carbons (Fsp3) is 0.466. The highest BCUT2D eigenvalue weighted by Crippen LogP contribution is 2.38. The molecule has 9 N–H and O–H groups in total. The van der Waals surface area contributed by atoms with E-state index in [-0.39, 0.29) is 12.3 Å². The van der Waals surface area contributed by atoms with Crippen molar-refractivity contribution in [2.45, 2.75) is 90.3 Å². The van der Waals surface area contributed by atoms with E-state index in [2.05, 4.69) is 78.8 Å². The van der Waals surface area contributed by atoms with Crippen molar-refractivity contribution < 1.29 is 60.2 Å². The zero-order chi connectivity index (χ0) is 73.7. The maximum atomic E-state index is 13.8. The summed E-state index contributed by atoms with van der Waals surface area (Å²) in [6.45, 7) is 20.8. The molecule has 0 atom stereocenters. The monoisotopic (exact) mass is 1420 g/mol. The SMILES string of the molecule is CC(C)(C)OC(=O)NCCCCC(=O)O.CN1CCN(c2ccc(-c3cccc(CN4CCN(C(=O)CCCCN)CC4)c3)cc2NC(=O)c2c[nH]c(=O)cc2C(F)(F)F)CC1.CN1CCN(c2ccc(-c3cccc(CN4CCNCC4)c3)cc2NC(=O)c2c[nH]c(=O)cc2C(F)(F)F)CC1. The Morgan fingerprint density at radius 2 is 0.980 bits per heavy atom. The molecule has 29 heteroatoms. The van der Waals surface area contributed by atoms with Crippen molar-refractivity contribution >= 4 is 52.5 Å². The first-order chi connectivity index (χ1) is 48.5. The van der Waals surface area contributed by atoms with E-state index >= 15 is 0 Å². The molecule has 0 radical (unpaired) electrons. The molecular formula is C73H94F6N14O9. The fourth-order valence-electron chi connectivity index (χ4n) is 12.2. The number of H-pyrrole nitrogens is 2. The highest BCUT2D eigenvalue weighted by Gasteiger charge is 2.38. The lowest BCUT2D eigenvalue weighted by Gasteiger charge is -2.35. The van der Waals surface area contributed by atoms with Crippen LogP contribution in [0.1, 0.15) is 102 Å². The minimum atomic E-state index is -4.88. The lowest BCUT2D eigenvalue weighted by molar-refractivity contribution is -0.138. The van der Waals surface area contributed by atoms with Gasteiger partial charge in [0.15, 0.2) is 0 Å². The molecule has 0 bridgehead atoms. The third-order valence-electron chi connectivity index (χ3n) is 17.7. The van der Waals surface area contributed by atoms with Crippen LogP contribution in [0.5, 0.6) is 0 Å². The smallest absolute Gasteiger partial charge is 0.417 e. The van der Waals surface area contributed by atoms with E-state index in [1.807, 2.05) is 79.7 Å². The largest absolute Gasteiger partial charge is 0.481 e.